The second-order valence-electron chi connectivity index (χ2n) is 6.52. The van der Waals surface area contributed by atoms with Gasteiger partial charge in [0.25, 0.3) is 0 Å². The topological polar surface area (TPSA) is 12.0 Å². The van der Waals surface area contributed by atoms with Crippen molar-refractivity contribution in [1.29, 1.82) is 0 Å². The third-order valence-corrected chi connectivity index (χ3v) is 8.32. The van der Waals surface area contributed by atoms with Crippen molar-refractivity contribution in [2.75, 3.05) is 0 Å². The molecule has 2 fully saturated rings. The molecule has 0 aromatic heterocycles. The molecule has 2 aromatic rings. The zero-order valence-corrected chi connectivity index (χ0v) is 15.9. The Morgan fingerprint density at radius 2 is 1.17 bits per heavy atom. The summed E-state index contributed by atoms with van der Waals surface area (Å²) in [7, 11) is 0. The van der Waals surface area contributed by atoms with Crippen LogP contribution < -0.4 is 5.32 Å². The first kappa shape index (κ1) is 16.0. The van der Waals surface area contributed by atoms with Crippen LogP contribution in [0.3, 0.4) is 0 Å². The quantitative estimate of drug-likeness (QED) is 0.639. The summed E-state index contributed by atoms with van der Waals surface area (Å²) in [5.41, 5.74) is 2.74. The fourth-order valence-electron chi connectivity index (χ4n) is 3.90. The van der Waals surface area contributed by atoms with Crippen LogP contribution in [0.4, 0.5) is 0 Å². The summed E-state index contributed by atoms with van der Waals surface area (Å²) >= 11 is 12.9. The van der Waals surface area contributed by atoms with E-state index in [1.165, 1.54) is 28.2 Å². The van der Waals surface area contributed by atoms with Crippen molar-refractivity contribution in [2.45, 2.75) is 29.1 Å². The maximum atomic E-state index is 6.06. The standard InChI is InChI=1S/C19H19Cl2NSe/c20-16-5-1-12(2-6-16)18-14-9-15(11-23-10-14)19(22-18)13-3-7-17(21)8-4-13/h1-8,14-15,18-19,22H,9-11H2. The Morgan fingerprint density at radius 3 is 1.61 bits per heavy atom. The number of rotatable bonds is 2. The molecule has 4 rings (SSSR count). The van der Waals surface area contributed by atoms with E-state index in [9.17, 15) is 0 Å². The average molecular weight is 411 g/mol. The van der Waals surface area contributed by atoms with E-state index in [1.807, 2.05) is 24.3 Å². The van der Waals surface area contributed by atoms with Gasteiger partial charge >= 0.3 is 154 Å². The Kier molecular flexibility index (Phi) is 4.72. The number of hydrogen-bond acceptors (Lipinski definition) is 1. The van der Waals surface area contributed by atoms with Gasteiger partial charge in [-0.3, -0.25) is 0 Å². The summed E-state index contributed by atoms with van der Waals surface area (Å²) < 4.78 is 0. The molecule has 1 nitrogen and oxygen atoms in total. The van der Waals surface area contributed by atoms with E-state index in [-0.39, 0.29) is 0 Å². The maximum absolute atomic E-state index is 6.06. The molecule has 0 aliphatic carbocycles. The van der Waals surface area contributed by atoms with Gasteiger partial charge in [0.05, 0.1) is 0 Å². The van der Waals surface area contributed by atoms with E-state index < -0.39 is 0 Å². The normalized spacial score (nSPS) is 30.2. The van der Waals surface area contributed by atoms with E-state index in [2.05, 4.69) is 29.6 Å². The zero-order chi connectivity index (χ0) is 15.8. The van der Waals surface area contributed by atoms with Gasteiger partial charge in [-0.2, -0.15) is 0 Å². The summed E-state index contributed by atoms with van der Waals surface area (Å²) in [6, 6.07) is 17.6. The van der Waals surface area contributed by atoms with Crippen molar-refractivity contribution >= 4 is 38.2 Å². The van der Waals surface area contributed by atoms with Gasteiger partial charge in [0.15, 0.2) is 0 Å². The molecule has 2 heterocycles. The predicted molar refractivity (Wildman–Crippen MR) is 98.5 cm³/mol. The molecule has 2 aliphatic heterocycles. The van der Waals surface area contributed by atoms with Crippen molar-refractivity contribution < 1.29 is 0 Å². The molecule has 0 amide bonds. The van der Waals surface area contributed by atoms with Gasteiger partial charge in [-0.05, 0) is 0 Å². The summed E-state index contributed by atoms with van der Waals surface area (Å²) in [5, 5.41) is 8.34. The second-order valence-corrected chi connectivity index (χ2v) is 9.65. The van der Waals surface area contributed by atoms with Gasteiger partial charge in [-0.1, -0.05) is 0 Å². The molecule has 4 heteroatoms. The molecule has 4 atom stereocenters. The zero-order valence-electron chi connectivity index (χ0n) is 12.7. The van der Waals surface area contributed by atoms with Crippen molar-refractivity contribution in [1.82, 2.24) is 5.32 Å². The Labute approximate surface area is 153 Å². The van der Waals surface area contributed by atoms with E-state index in [0.29, 0.717) is 12.1 Å². The molecule has 2 saturated heterocycles. The van der Waals surface area contributed by atoms with Crippen LogP contribution in [-0.2, 0) is 0 Å². The molecule has 120 valence electrons. The van der Waals surface area contributed by atoms with E-state index in [0.717, 1.165) is 36.8 Å². The third kappa shape index (κ3) is 3.34. The Hall–Kier alpha value is -0.501. The fraction of sp³-hybridized carbons (Fsp3) is 0.368. The molecular weight excluding hydrogens is 392 g/mol. The van der Waals surface area contributed by atoms with Crippen molar-refractivity contribution in [3.8, 4) is 0 Å². The van der Waals surface area contributed by atoms with Crippen molar-refractivity contribution in [3.63, 3.8) is 0 Å². The Morgan fingerprint density at radius 1 is 0.739 bits per heavy atom. The molecule has 1 N–H and O–H groups in total. The van der Waals surface area contributed by atoms with Crippen LogP contribution in [0.25, 0.3) is 0 Å². The number of nitrogens with one attached hydrogen (secondary N) is 1. The summed E-state index contributed by atoms with van der Waals surface area (Å²) in [6.07, 6.45) is 1.33. The molecule has 0 radical (unpaired) electrons. The number of halogens is 2. The van der Waals surface area contributed by atoms with E-state index >= 15 is 0 Å². The second kappa shape index (κ2) is 6.78. The minimum atomic E-state index is 0.436. The molecular formula is C19H19Cl2NSe. The van der Waals surface area contributed by atoms with Crippen LogP contribution in [0.2, 0.25) is 20.7 Å². The molecule has 0 saturated carbocycles. The minimum absolute atomic E-state index is 0.436. The molecule has 2 bridgehead atoms. The first-order valence-corrected chi connectivity index (χ1v) is 11.2. The van der Waals surface area contributed by atoms with Gasteiger partial charge in [0.2, 0.25) is 0 Å². The monoisotopic (exact) mass is 411 g/mol. The predicted octanol–water partition coefficient (Wildman–Crippen LogP) is 5.56. The van der Waals surface area contributed by atoms with Crippen LogP contribution in [0.5, 0.6) is 0 Å². The first-order valence-electron chi connectivity index (χ1n) is 8.05. The number of hydrogen-bond donors (Lipinski definition) is 1. The number of piperidine rings is 1. The van der Waals surface area contributed by atoms with Crippen LogP contribution in [0.1, 0.15) is 29.6 Å². The third-order valence-electron chi connectivity index (χ3n) is 5.03. The summed E-state index contributed by atoms with van der Waals surface area (Å²) in [6.45, 7) is 0. The van der Waals surface area contributed by atoms with E-state index in [1.54, 1.807) is 0 Å². The van der Waals surface area contributed by atoms with Gasteiger partial charge in [-0.25, -0.2) is 0 Å². The van der Waals surface area contributed by atoms with Crippen molar-refractivity contribution in [2.24, 2.45) is 11.8 Å². The van der Waals surface area contributed by atoms with Crippen LogP contribution in [0, 0.1) is 11.8 Å². The molecule has 23 heavy (non-hydrogen) atoms. The van der Waals surface area contributed by atoms with Gasteiger partial charge in [-0.15, -0.1) is 0 Å². The average Bonchev–Trinajstić information content (AvgIpc) is 2.58. The molecule has 0 spiro atoms. The molecule has 2 aromatic carbocycles. The summed E-state index contributed by atoms with van der Waals surface area (Å²) in [5.74, 6) is 1.52. The van der Waals surface area contributed by atoms with E-state index in [4.69, 9.17) is 23.2 Å². The summed E-state index contributed by atoms with van der Waals surface area (Å²) in [4.78, 5) is 0. The molecule has 4 unspecified atom stereocenters. The Bertz CT molecular complexity index is 613. The van der Waals surface area contributed by atoms with Crippen LogP contribution in [0.15, 0.2) is 48.5 Å². The van der Waals surface area contributed by atoms with Gasteiger partial charge in [0.1, 0.15) is 0 Å². The SMILES string of the molecule is Clc1ccc(C2NC(c3ccc(Cl)cc3)C3C[Se]CC2C3)cc1. The number of benzene rings is 2. The van der Waals surface area contributed by atoms with Crippen molar-refractivity contribution in [3.05, 3.63) is 69.7 Å². The van der Waals surface area contributed by atoms with Gasteiger partial charge < -0.3 is 0 Å². The fourth-order valence-corrected chi connectivity index (χ4v) is 7.09. The first-order chi connectivity index (χ1) is 11.2. The van der Waals surface area contributed by atoms with Gasteiger partial charge in [0, 0.05) is 0 Å². The van der Waals surface area contributed by atoms with Crippen LogP contribution >= 0.6 is 23.2 Å². The van der Waals surface area contributed by atoms with Crippen LogP contribution in [-0.4, -0.2) is 15.0 Å². The molecule has 2 aliphatic rings. The Balaban J connectivity index is 1.65. The number of fused-ring (bicyclic) bond motifs is 2.